The molecule has 3 heteroatoms. The molecule has 1 aliphatic carbocycles. The highest BCUT2D eigenvalue weighted by atomic mass is 16.3. The summed E-state index contributed by atoms with van der Waals surface area (Å²) in [7, 11) is 0. The van der Waals surface area contributed by atoms with Crippen LogP contribution in [0.2, 0.25) is 0 Å². The maximum absolute atomic E-state index is 6.56. The molecule has 274 valence electrons. The third-order valence-corrected chi connectivity index (χ3v) is 12.5. The Morgan fingerprint density at radius 1 is 0.414 bits per heavy atom. The Kier molecular flexibility index (Phi) is 6.98. The van der Waals surface area contributed by atoms with Gasteiger partial charge in [-0.1, -0.05) is 141 Å². The van der Waals surface area contributed by atoms with Crippen LogP contribution in [0.5, 0.6) is 0 Å². The smallest absolute Gasteiger partial charge is 0.143 e. The molecule has 58 heavy (non-hydrogen) atoms. The molecule has 0 radical (unpaired) electrons. The van der Waals surface area contributed by atoms with Crippen LogP contribution in [0.4, 0.5) is 17.1 Å². The minimum absolute atomic E-state index is 0.190. The fourth-order valence-electron chi connectivity index (χ4n) is 9.73. The summed E-state index contributed by atoms with van der Waals surface area (Å²) in [5.41, 5.74) is 16.7. The molecule has 9 aromatic carbocycles. The van der Waals surface area contributed by atoms with Crippen molar-refractivity contribution in [3.05, 3.63) is 199 Å². The quantitative estimate of drug-likeness (QED) is 0.176. The maximum atomic E-state index is 6.56. The first kappa shape index (κ1) is 32.8. The molecule has 0 spiro atoms. The lowest BCUT2D eigenvalue weighted by Crippen LogP contribution is -2.20. The van der Waals surface area contributed by atoms with Gasteiger partial charge in [0.25, 0.3) is 0 Å². The zero-order chi connectivity index (χ0) is 38.5. The SMILES string of the molecule is CC1(C)c2ccccc2-c2cccc(N(c3ccc(-c4ccc5c(c4)oc4ccccc45)cc3)c3ccc(-c4cccc5oc6c7ccccc7ccc6c45)cc3)c21. The molecule has 0 atom stereocenters. The highest BCUT2D eigenvalue weighted by Crippen LogP contribution is 2.54. The van der Waals surface area contributed by atoms with Crippen LogP contribution in [0.3, 0.4) is 0 Å². The van der Waals surface area contributed by atoms with Gasteiger partial charge in [0, 0.05) is 43.7 Å². The van der Waals surface area contributed by atoms with Crippen LogP contribution in [-0.4, -0.2) is 0 Å². The van der Waals surface area contributed by atoms with E-state index in [0.717, 1.165) is 82.9 Å². The number of fused-ring (bicyclic) bond motifs is 11. The summed E-state index contributed by atoms with van der Waals surface area (Å²) < 4.78 is 12.8. The van der Waals surface area contributed by atoms with Crippen molar-refractivity contribution in [2.75, 3.05) is 4.90 Å². The summed E-state index contributed by atoms with van der Waals surface area (Å²) in [5.74, 6) is 0. The van der Waals surface area contributed by atoms with E-state index in [9.17, 15) is 0 Å². The number of hydrogen-bond acceptors (Lipinski definition) is 3. The van der Waals surface area contributed by atoms with Gasteiger partial charge in [-0.05, 0) is 111 Å². The molecule has 0 saturated heterocycles. The molecule has 0 N–H and O–H groups in total. The highest BCUT2D eigenvalue weighted by molar-refractivity contribution is 6.19. The molecular formula is C55H37NO2. The number of rotatable bonds is 5. The van der Waals surface area contributed by atoms with Gasteiger partial charge < -0.3 is 13.7 Å². The van der Waals surface area contributed by atoms with Crippen molar-refractivity contribution in [3.63, 3.8) is 0 Å². The average molecular weight is 744 g/mol. The first-order valence-corrected chi connectivity index (χ1v) is 20.0. The van der Waals surface area contributed by atoms with Gasteiger partial charge in [-0.2, -0.15) is 0 Å². The molecule has 1 aliphatic rings. The van der Waals surface area contributed by atoms with Crippen LogP contribution in [0.15, 0.2) is 197 Å². The Hall–Kier alpha value is -7.36. The molecule has 0 unspecified atom stereocenters. The van der Waals surface area contributed by atoms with Crippen molar-refractivity contribution >= 4 is 71.7 Å². The normalized spacial score (nSPS) is 13.1. The third-order valence-electron chi connectivity index (χ3n) is 12.5. The van der Waals surface area contributed by atoms with Crippen LogP contribution < -0.4 is 4.90 Å². The number of benzene rings is 9. The van der Waals surface area contributed by atoms with Gasteiger partial charge in [0.1, 0.15) is 22.3 Å². The first-order valence-electron chi connectivity index (χ1n) is 20.0. The van der Waals surface area contributed by atoms with Gasteiger partial charge in [0.2, 0.25) is 0 Å². The molecule has 11 aromatic rings. The number of anilines is 3. The van der Waals surface area contributed by atoms with Crippen molar-refractivity contribution in [1.82, 2.24) is 0 Å². The molecule has 0 aliphatic heterocycles. The first-order chi connectivity index (χ1) is 28.5. The molecule has 0 saturated carbocycles. The highest BCUT2D eigenvalue weighted by Gasteiger charge is 2.38. The van der Waals surface area contributed by atoms with E-state index in [0.29, 0.717) is 0 Å². The topological polar surface area (TPSA) is 29.5 Å². The second kappa shape index (κ2) is 12.3. The lowest BCUT2D eigenvalue weighted by molar-refractivity contribution is 0.661. The summed E-state index contributed by atoms with van der Waals surface area (Å²) >= 11 is 0. The van der Waals surface area contributed by atoms with Crippen LogP contribution in [0.1, 0.15) is 25.0 Å². The molecular weight excluding hydrogens is 707 g/mol. The maximum Gasteiger partial charge on any atom is 0.143 e. The fourth-order valence-corrected chi connectivity index (χ4v) is 9.73. The predicted octanol–water partition coefficient (Wildman–Crippen LogP) is 15.7. The Morgan fingerprint density at radius 2 is 1.03 bits per heavy atom. The van der Waals surface area contributed by atoms with Crippen molar-refractivity contribution < 1.29 is 8.83 Å². The number of hydrogen-bond donors (Lipinski definition) is 0. The molecule has 2 aromatic heterocycles. The van der Waals surface area contributed by atoms with E-state index in [1.165, 1.54) is 33.3 Å². The van der Waals surface area contributed by atoms with Gasteiger partial charge in [-0.25, -0.2) is 0 Å². The van der Waals surface area contributed by atoms with E-state index in [1.807, 2.05) is 12.1 Å². The fraction of sp³-hybridized carbons (Fsp3) is 0.0545. The minimum atomic E-state index is -0.190. The molecule has 0 amide bonds. The lowest BCUT2D eigenvalue weighted by Gasteiger charge is -2.32. The number of nitrogens with zero attached hydrogens (tertiary/aromatic N) is 1. The van der Waals surface area contributed by atoms with E-state index < -0.39 is 0 Å². The predicted molar refractivity (Wildman–Crippen MR) is 242 cm³/mol. The molecule has 12 rings (SSSR count). The van der Waals surface area contributed by atoms with E-state index in [1.54, 1.807) is 0 Å². The van der Waals surface area contributed by atoms with Crippen LogP contribution in [0.25, 0.3) is 88.0 Å². The van der Waals surface area contributed by atoms with Gasteiger partial charge in [0.05, 0.1) is 5.69 Å². The zero-order valence-corrected chi connectivity index (χ0v) is 32.2. The van der Waals surface area contributed by atoms with Crippen molar-refractivity contribution in [1.29, 1.82) is 0 Å². The lowest BCUT2D eigenvalue weighted by atomic mass is 9.81. The zero-order valence-electron chi connectivity index (χ0n) is 32.2. The second-order valence-corrected chi connectivity index (χ2v) is 16.1. The van der Waals surface area contributed by atoms with Crippen molar-refractivity contribution in [3.8, 4) is 33.4 Å². The summed E-state index contributed by atoms with van der Waals surface area (Å²) in [5, 5.41) is 6.87. The van der Waals surface area contributed by atoms with Crippen molar-refractivity contribution in [2.24, 2.45) is 0 Å². The summed E-state index contributed by atoms with van der Waals surface area (Å²) in [4.78, 5) is 2.43. The van der Waals surface area contributed by atoms with Crippen LogP contribution in [-0.2, 0) is 5.41 Å². The molecule has 3 nitrogen and oxygen atoms in total. The largest absolute Gasteiger partial charge is 0.456 e. The molecule has 0 bridgehead atoms. The van der Waals surface area contributed by atoms with Crippen LogP contribution >= 0.6 is 0 Å². The van der Waals surface area contributed by atoms with Crippen molar-refractivity contribution in [2.45, 2.75) is 19.3 Å². The number of para-hydroxylation sites is 1. The summed E-state index contributed by atoms with van der Waals surface area (Å²) in [6.45, 7) is 4.72. The monoisotopic (exact) mass is 743 g/mol. The Balaban J connectivity index is 0.993. The standard InChI is InChI=1S/C55H37NO2/c1-55(2)47-17-7-5-13-42(47)45-16-9-18-48(53(45)55)56(38-27-21-34(22-28-38)37-26-31-44-43-14-6-8-19-49(43)57-51(44)33-37)39-29-23-36(24-30-39)40-15-10-20-50-52(40)46-32-25-35-11-3-4-12-41(35)54(46)58-50/h3-33H,1-2H3. The summed E-state index contributed by atoms with van der Waals surface area (Å²) in [6.07, 6.45) is 0. The molecule has 0 fully saturated rings. The van der Waals surface area contributed by atoms with Gasteiger partial charge in [0.15, 0.2) is 0 Å². The van der Waals surface area contributed by atoms with E-state index in [2.05, 4.69) is 195 Å². The Labute approximate surface area is 336 Å². The number of furan rings is 2. The van der Waals surface area contributed by atoms with Gasteiger partial charge in [-0.3, -0.25) is 0 Å². The van der Waals surface area contributed by atoms with Gasteiger partial charge >= 0.3 is 0 Å². The van der Waals surface area contributed by atoms with Crippen LogP contribution in [0, 0.1) is 0 Å². The van der Waals surface area contributed by atoms with E-state index >= 15 is 0 Å². The van der Waals surface area contributed by atoms with Gasteiger partial charge in [-0.15, -0.1) is 0 Å². The second-order valence-electron chi connectivity index (χ2n) is 16.1. The van der Waals surface area contributed by atoms with E-state index in [4.69, 9.17) is 8.83 Å². The van der Waals surface area contributed by atoms with E-state index in [-0.39, 0.29) is 5.41 Å². The minimum Gasteiger partial charge on any atom is -0.456 e. The molecule has 2 heterocycles. The third kappa shape index (κ3) is 4.80. The Morgan fingerprint density at radius 3 is 1.88 bits per heavy atom. The average Bonchev–Trinajstić information content (AvgIpc) is 3.92. The summed E-state index contributed by atoms with van der Waals surface area (Å²) in [6, 6.07) is 67.7. The Bertz CT molecular complexity index is 3420.